The van der Waals surface area contributed by atoms with E-state index in [0.29, 0.717) is 43.0 Å². The zero-order valence-electron chi connectivity index (χ0n) is 22.7. The number of H-pyrrole nitrogens is 1. The summed E-state index contributed by atoms with van der Waals surface area (Å²) in [5.41, 5.74) is 0.0353. The Morgan fingerprint density at radius 1 is 1.15 bits per heavy atom. The molecule has 39 heavy (non-hydrogen) atoms. The number of aromatic nitrogens is 4. The van der Waals surface area contributed by atoms with Crippen molar-refractivity contribution < 1.29 is 33.8 Å². The third-order valence-electron chi connectivity index (χ3n) is 6.25. The molecule has 0 aromatic carbocycles. The van der Waals surface area contributed by atoms with Crippen LogP contribution in [0.15, 0.2) is 6.20 Å². The first-order chi connectivity index (χ1) is 18.4. The predicted octanol–water partition coefficient (Wildman–Crippen LogP) is 1.33. The summed E-state index contributed by atoms with van der Waals surface area (Å²) < 4.78 is 9.29. The van der Waals surface area contributed by atoms with Gasteiger partial charge in [0.05, 0.1) is 19.8 Å². The second-order valence-electron chi connectivity index (χ2n) is 10.3. The minimum absolute atomic E-state index is 0.0273. The van der Waals surface area contributed by atoms with Crippen LogP contribution in [-0.2, 0) is 36.7 Å². The average molecular weight is 546 g/mol. The number of esters is 2. The van der Waals surface area contributed by atoms with Crippen LogP contribution in [0.5, 0.6) is 5.88 Å². The normalized spacial score (nSPS) is 15.4. The van der Waals surface area contributed by atoms with Crippen LogP contribution in [0.2, 0.25) is 0 Å². The molecule has 14 heteroatoms. The van der Waals surface area contributed by atoms with Crippen molar-refractivity contribution in [3.8, 4) is 5.88 Å². The van der Waals surface area contributed by atoms with E-state index in [2.05, 4.69) is 40.6 Å². The van der Waals surface area contributed by atoms with Crippen LogP contribution >= 0.6 is 0 Å². The van der Waals surface area contributed by atoms with Crippen molar-refractivity contribution in [2.75, 3.05) is 31.4 Å². The number of methoxy groups -OCH3 is 2. The van der Waals surface area contributed by atoms with E-state index in [1.54, 1.807) is 20.8 Å². The summed E-state index contributed by atoms with van der Waals surface area (Å²) >= 11 is 0. The lowest BCUT2D eigenvalue weighted by Gasteiger charge is -2.26. The highest BCUT2D eigenvalue weighted by molar-refractivity contribution is 5.95. The van der Waals surface area contributed by atoms with Crippen LogP contribution in [0.25, 0.3) is 0 Å². The highest BCUT2D eigenvalue weighted by Gasteiger charge is 2.27. The minimum Gasteiger partial charge on any atom is -0.493 e. The molecule has 0 saturated heterocycles. The molecular formula is C25H35N7O7. The fourth-order valence-corrected chi connectivity index (χ4v) is 3.89. The fourth-order valence-electron chi connectivity index (χ4n) is 3.89. The number of amides is 2. The molecule has 2 atom stereocenters. The van der Waals surface area contributed by atoms with Crippen molar-refractivity contribution in [2.45, 2.75) is 58.9 Å². The van der Waals surface area contributed by atoms with E-state index in [1.807, 2.05) is 0 Å². The topological polar surface area (TPSA) is 198 Å². The smallest absolute Gasteiger partial charge is 0.328 e. The number of nitrogens with one attached hydrogen (secondary N) is 4. The van der Waals surface area contributed by atoms with Crippen molar-refractivity contribution in [3.63, 3.8) is 0 Å². The van der Waals surface area contributed by atoms with Crippen molar-refractivity contribution in [3.05, 3.63) is 23.3 Å². The Morgan fingerprint density at radius 3 is 2.56 bits per heavy atom. The lowest BCUT2D eigenvalue weighted by molar-refractivity contribution is -0.144. The molecule has 1 unspecified atom stereocenters. The van der Waals surface area contributed by atoms with E-state index in [-0.39, 0.29) is 42.2 Å². The van der Waals surface area contributed by atoms with Crippen LogP contribution in [0.4, 0.5) is 11.8 Å². The van der Waals surface area contributed by atoms with E-state index >= 15 is 0 Å². The summed E-state index contributed by atoms with van der Waals surface area (Å²) in [4.78, 5) is 64.0. The number of rotatable bonds is 10. The van der Waals surface area contributed by atoms with Gasteiger partial charge in [0.15, 0.2) is 0 Å². The van der Waals surface area contributed by atoms with Gasteiger partial charge >= 0.3 is 11.9 Å². The van der Waals surface area contributed by atoms with Gasteiger partial charge in [-0.1, -0.05) is 20.8 Å². The summed E-state index contributed by atoms with van der Waals surface area (Å²) in [7, 11) is 2.43. The lowest BCUT2D eigenvalue weighted by atomic mass is 9.92. The van der Waals surface area contributed by atoms with E-state index in [9.17, 15) is 24.3 Å². The van der Waals surface area contributed by atoms with Crippen molar-refractivity contribution >= 4 is 35.5 Å². The standard InChI is InChI=1S/C25H35N7O7/c1-25(2,3)23(37)32-24-30-19-14(20(34)31-24)10-13(11-27-19)6-8-17-26-12-16(28-17)21(35)29-15(22(36)39-5)7-9-18(33)38-4/h12-13,15H,6-11H2,1-5H3,(H,26,28)(H,29,35)(H3,27,30,31,32,34,37)/t13?,15-/m0/s1. The number of anilines is 2. The quantitative estimate of drug-likeness (QED) is 0.270. The summed E-state index contributed by atoms with van der Waals surface area (Å²) in [6.07, 6.45) is 3.15. The summed E-state index contributed by atoms with van der Waals surface area (Å²) in [6.45, 7) is 5.89. The number of imidazole rings is 1. The molecule has 5 N–H and O–H groups in total. The number of aryl methyl sites for hydroxylation is 1. The lowest BCUT2D eigenvalue weighted by Crippen LogP contribution is -2.42. The van der Waals surface area contributed by atoms with Crippen molar-refractivity contribution in [1.29, 1.82) is 0 Å². The van der Waals surface area contributed by atoms with Gasteiger partial charge in [0.1, 0.15) is 23.4 Å². The zero-order chi connectivity index (χ0) is 28.7. The number of carbonyl (C=O) groups excluding carboxylic acids is 4. The van der Waals surface area contributed by atoms with Gasteiger partial charge in [-0.05, 0) is 25.2 Å². The number of fused-ring (bicyclic) bond motifs is 1. The molecule has 0 aliphatic carbocycles. The highest BCUT2D eigenvalue weighted by atomic mass is 16.5. The van der Waals surface area contributed by atoms with Gasteiger partial charge in [-0.2, -0.15) is 9.97 Å². The van der Waals surface area contributed by atoms with Crippen LogP contribution in [0.1, 0.15) is 61.9 Å². The molecule has 0 radical (unpaired) electrons. The first kappa shape index (κ1) is 29.3. The van der Waals surface area contributed by atoms with Gasteiger partial charge in [-0.15, -0.1) is 0 Å². The molecule has 0 spiro atoms. The summed E-state index contributed by atoms with van der Waals surface area (Å²) in [5, 5.41) is 18.8. The number of aromatic amines is 1. The molecule has 1 aliphatic heterocycles. The Balaban J connectivity index is 1.56. The molecule has 1 aliphatic rings. The summed E-state index contributed by atoms with van der Waals surface area (Å²) in [6, 6.07) is -1.02. The number of nitrogens with zero attached hydrogens (tertiary/aromatic N) is 3. The highest BCUT2D eigenvalue weighted by Crippen LogP contribution is 2.32. The first-order valence-corrected chi connectivity index (χ1v) is 12.6. The molecule has 0 fully saturated rings. The Labute approximate surface area is 225 Å². The number of ether oxygens (including phenoxy) is 2. The molecule has 14 nitrogen and oxygen atoms in total. The predicted molar refractivity (Wildman–Crippen MR) is 139 cm³/mol. The zero-order valence-corrected chi connectivity index (χ0v) is 22.7. The van der Waals surface area contributed by atoms with Gasteiger partial charge in [0.2, 0.25) is 17.7 Å². The fraction of sp³-hybridized carbons (Fsp3) is 0.560. The number of hydrogen-bond donors (Lipinski definition) is 5. The molecule has 3 heterocycles. The second kappa shape index (κ2) is 12.5. The third kappa shape index (κ3) is 7.88. The SMILES string of the molecule is COC(=O)CC[C@H](NC(=O)c1c[nH]c(CCC2CNc3nc(NC(=O)C(C)(C)C)nc(O)c3C2)n1)C(=O)OC. The van der Waals surface area contributed by atoms with E-state index in [0.717, 1.165) is 0 Å². The van der Waals surface area contributed by atoms with Crippen LogP contribution in [-0.4, -0.2) is 75.6 Å². The van der Waals surface area contributed by atoms with Crippen molar-refractivity contribution in [2.24, 2.45) is 11.3 Å². The Morgan fingerprint density at radius 2 is 1.90 bits per heavy atom. The van der Waals surface area contributed by atoms with Crippen LogP contribution in [0, 0.1) is 11.3 Å². The second-order valence-corrected chi connectivity index (χ2v) is 10.3. The Kier molecular flexibility index (Phi) is 9.43. The van der Waals surface area contributed by atoms with Gasteiger partial charge in [-0.25, -0.2) is 9.78 Å². The van der Waals surface area contributed by atoms with E-state index < -0.39 is 29.3 Å². The molecule has 0 saturated carbocycles. The molecule has 212 valence electrons. The monoisotopic (exact) mass is 545 g/mol. The summed E-state index contributed by atoms with van der Waals surface area (Å²) in [5.74, 6) is -0.985. The maximum absolute atomic E-state index is 12.6. The largest absolute Gasteiger partial charge is 0.493 e. The van der Waals surface area contributed by atoms with E-state index in [1.165, 1.54) is 20.4 Å². The van der Waals surface area contributed by atoms with Crippen molar-refractivity contribution in [1.82, 2.24) is 25.3 Å². The van der Waals surface area contributed by atoms with Crippen LogP contribution in [0.3, 0.4) is 0 Å². The maximum Gasteiger partial charge on any atom is 0.328 e. The molecule has 0 bridgehead atoms. The van der Waals surface area contributed by atoms with Gasteiger partial charge < -0.3 is 30.2 Å². The minimum atomic E-state index is -1.02. The number of aromatic hydroxyl groups is 1. The molecule has 3 rings (SSSR count). The Bertz CT molecular complexity index is 1220. The van der Waals surface area contributed by atoms with E-state index in [4.69, 9.17) is 4.74 Å². The molecule has 2 aromatic heterocycles. The van der Waals surface area contributed by atoms with Gasteiger partial charge in [0, 0.05) is 31.0 Å². The van der Waals surface area contributed by atoms with Gasteiger partial charge in [-0.3, -0.25) is 19.7 Å². The average Bonchev–Trinajstić information content (AvgIpc) is 3.38. The first-order valence-electron chi connectivity index (χ1n) is 12.6. The maximum atomic E-state index is 12.6. The van der Waals surface area contributed by atoms with Gasteiger partial charge in [0.25, 0.3) is 5.91 Å². The Hall–Kier alpha value is -4.23. The number of hydrogen-bond acceptors (Lipinski definition) is 11. The molecule has 2 aromatic rings. The molecule has 2 amide bonds. The van der Waals surface area contributed by atoms with Crippen LogP contribution < -0.4 is 16.0 Å². The third-order valence-corrected chi connectivity index (χ3v) is 6.25. The molecular weight excluding hydrogens is 510 g/mol. The number of carbonyl (C=O) groups is 4.